The molecule has 2 unspecified atom stereocenters. The van der Waals surface area contributed by atoms with Gasteiger partial charge in [-0.25, -0.2) is 13.2 Å². The Labute approximate surface area is 194 Å². The van der Waals surface area contributed by atoms with Crippen LogP contribution in [-0.2, 0) is 19.6 Å². The van der Waals surface area contributed by atoms with Crippen molar-refractivity contribution >= 4 is 43.8 Å². The molecule has 0 bridgehead atoms. The molecule has 2 atom stereocenters. The van der Waals surface area contributed by atoms with Crippen molar-refractivity contribution in [3.05, 3.63) is 40.3 Å². The van der Waals surface area contributed by atoms with Gasteiger partial charge in [0, 0.05) is 34.9 Å². The molecular formula is C22H26N4O7S. The van der Waals surface area contributed by atoms with Crippen LogP contribution in [0.3, 0.4) is 0 Å². The second kappa shape index (κ2) is 8.22. The summed E-state index contributed by atoms with van der Waals surface area (Å²) in [6.07, 6.45) is 0.660. The lowest BCUT2D eigenvalue weighted by Crippen LogP contribution is -2.44. The molecule has 4 rings (SSSR count). The number of carbonyl (C=O) groups is 2. The number of aromatic amines is 2. The third-order valence-electron chi connectivity index (χ3n) is 5.84. The van der Waals surface area contributed by atoms with E-state index in [2.05, 4.69) is 9.97 Å². The van der Waals surface area contributed by atoms with Gasteiger partial charge in [-0.2, -0.15) is 4.31 Å². The summed E-state index contributed by atoms with van der Waals surface area (Å²) in [5, 5.41) is 9.91. The Kier molecular flexibility index (Phi) is 5.78. The molecule has 0 saturated carbocycles. The first-order valence-electron chi connectivity index (χ1n) is 10.7. The van der Waals surface area contributed by atoms with Crippen molar-refractivity contribution in [1.82, 2.24) is 14.3 Å². The molecule has 2 aromatic heterocycles. The SMILES string of the molecule is CC(C)(C)OC(=O)CC1CCN(S(=O)(=O)c2ccc3[nH]c(=O)c4[nH]cc(C(=O)O)c4c3c2)C1N. The van der Waals surface area contributed by atoms with Crippen molar-refractivity contribution in [2.45, 2.75) is 50.3 Å². The van der Waals surface area contributed by atoms with Crippen LogP contribution >= 0.6 is 0 Å². The van der Waals surface area contributed by atoms with E-state index in [1.54, 1.807) is 20.8 Å². The quantitative estimate of drug-likeness (QED) is 0.391. The summed E-state index contributed by atoms with van der Waals surface area (Å²) in [5.74, 6) is -2.10. The molecule has 0 amide bonds. The summed E-state index contributed by atoms with van der Waals surface area (Å²) in [4.78, 5) is 41.4. The lowest BCUT2D eigenvalue weighted by molar-refractivity contribution is -0.156. The summed E-state index contributed by atoms with van der Waals surface area (Å²) in [5.41, 5.74) is 5.26. The fourth-order valence-corrected chi connectivity index (χ4v) is 5.94. The fourth-order valence-electron chi connectivity index (χ4n) is 4.32. The van der Waals surface area contributed by atoms with Crippen LogP contribution in [-0.4, -0.2) is 58.0 Å². The number of carboxylic acids is 1. The van der Waals surface area contributed by atoms with Gasteiger partial charge in [-0.1, -0.05) is 0 Å². The molecule has 0 aliphatic carbocycles. The number of sulfonamides is 1. The Morgan fingerprint density at radius 1 is 1.29 bits per heavy atom. The molecule has 34 heavy (non-hydrogen) atoms. The third-order valence-corrected chi connectivity index (χ3v) is 7.73. The molecule has 0 spiro atoms. The number of nitrogens with two attached hydrogens (primary N) is 1. The average molecular weight is 491 g/mol. The number of aromatic nitrogens is 2. The number of aromatic carboxylic acids is 1. The second-order valence-electron chi connectivity index (χ2n) is 9.36. The maximum absolute atomic E-state index is 13.4. The molecule has 1 aliphatic rings. The Balaban J connectivity index is 1.70. The highest BCUT2D eigenvalue weighted by molar-refractivity contribution is 7.89. The summed E-state index contributed by atoms with van der Waals surface area (Å²) in [6.45, 7) is 5.38. The van der Waals surface area contributed by atoms with Gasteiger partial charge >= 0.3 is 11.9 Å². The first kappa shape index (κ1) is 23.9. The smallest absolute Gasteiger partial charge is 0.337 e. The van der Waals surface area contributed by atoms with Crippen molar-refractivity contribution < 1.29 is 27.9 Å². The van der Waals surface area contributed by atoms with Gasteiger partial charge in [0.15, 0.2) is 0 Å². The molecular weight excluding hydrogens is 464 g/mol. The number of ether oxygens (including phenoxy) is 1. The standard InChI is InChI=1S/C22H26N4O7S/c1-22(2,3)33-16(27)8-11-6-7-26(19(11)23)34(31,32)12-4-5-15-13(9-12)17-14(21(29)30)10-24-18(17)20(28)25-15/h4-5,9-11,19,24H,6-8,23H2,1-3H3,(H,25,28)(H,29,30). The molecule has 3 heterocycles. The Bertz CT molecular complexity index is 1470. The highest BCUT2D eigenvalue weighted by Crippen LogP contribution is 2.33. The Morgan fingerprint density at radius 2 is 2.00 bits per heavy atom. The number of rotatable bonds is 5. The zero-order valence-corrected chi connectivity index (χ0v) is 19.7. The monoisotopic (exact) mass is 490 g/mol. The van der Waals surface area contributed by atoms with Gasteiger partial charge < -0.3 is 25.5 Å². The fraction of sp³-hybridized carbons (Fsp3) is 0.409. The molecule has 182 valence electrons. The number of hydrogen-bond donors (Lipinski definition) is 4. The highest BCUT2D eigenvalue weighted by atomic mass is 32.2. The molecule has 0 radical (unpaired) electrons. The first-order valence-corrected chi connectivity index (χ1v) is 12.1. The van der Waals surface area contributed by atoms with Gasteiger partial charge in [0.05, 0.1) is 23.0 Å². The van der Waals surface area contributed by atoms with Gasteiger partial charge in [0.1, 0.15) is 11.1 Å². The van der Waals surface area contributed by atoms with E-state index in [1.807, 2.05) is 0 Å². The van der Waals surface area contributed by atoms with E-state index < -0.39 is 45.2 Å². The molecule has 12 heteroatoms. The molecule has 3 aromatic rings. The molecule has 5 N–H and O–H groups in total. The van der Waals surface area contributed by atoms with Crippen LogP contribution < -0.4 is 11.3 Å². The van der Waals surface area contributed by atoms with E-state index in [1.165, 1.54) is 24.4 Å². The topological polar surface area (TPSA) is 176 Å². The lowest BCUT2D eigenvalue weighted by atomic mass is 10.0. The van der Waals surface area contributed by atoms with Crippen molar-refractivity contribution in [2.24, 2.45) is 11.7 Å². The number of carboxylic acid groups (broad SMARTS) is 1. The van der Waals surface area contributed by atoms with Gasteiger partial charge in [-0.05, 0) is 45.4 Å². The maximum Gasteiger partial charge on any atom is 0.337 e. The van der Waals surface area contributed by atoms with Gasteiger partial charge in [-0.3, -0.25) is 9.59 Å². The van der Waals surface area contributed by atoms with Gasteiger partial charge in [0.2, 0.25) is 10.0 Å². The number of esters is 1. The Morgan fingerprint density at radius 3 is 2.65 bits per heavy atom. The minimum Gasteiger partial charge on any atom is -0.478 e. The number of fused-ring (bicyclic) bond motifs is 3. The third kappa shape index (κ3) is 4.19. The second-order valence-corrected chi connectivity index (χ2v) is 11.3. The number of nitrogens with one attached hydrogen (secondary N) is 2. The maximum atomic E-state index is 13.4. The molecule has 1 aromatic carbocycles. The van der Waals surface area contributed by atoms with Crippen LogP contribution in [0.15, 0.2) is 34.1 Å². The van der Waals surface area contributed by atoms with E-state index in [-0.39, 0.29) is 39.7 Å². The van der Waals surface area contributed by atoms with Gasteiger partial charge in [0.25, 0.3) is 5.56 Å². The summed E-state index contributed by atoms with van der Waals surface area (Å²) in [6, 6.07) is 4.08. The predicted molar refractivity (Wildman–Crippen MR) is 124 cm³/mol. The average Bonchev–Trinajstić information content (AvgIpc) is 3.32. The minimum atomic E-state index is -4.07. The number of hydrogen-bond acceptors (Lipinski definition) is 7. The van der Waals surface area contributed by atoms with Crippen LogP contribution in [0.25, 0.3) is 21.8 Å². The van der Waals surface area contributed by atoms with Crippen LogP contribution in [0, 0.1) is 5.92 Å². The first-order chi connectivity index (χ1) is 15.8. The van der Waals surface area contributed by atoms with Gasteiger partial charge in [-0.15, -0.1) is 0 Å². The predicted octanol–water partition coefficient (Wildman–Crippen LogP) is 1.73. The number of pyridine rings is 1. The zero-order valence-electron chi connectivity index (χ0n) is 18.9. The van der Waals surface area contributed by atoms with Crippen LogP contribution in [0.5, 0.6) is 0 Å². The molecule has 1 saturated heterocycles. The molecule has 1 aliphatic heterocycles. The molecule has 11 nitrogen and oxygen atoms in total. The van der Waals surface area contributed by atoms with E-state index in [0.717, 1.165) is 4.31 Å². The summed E-state index contributed by atoms with van der Waals surface area (Å²) >= 11 is 0. The van der Waals surface area contributed by atoms with Crippen LogP contribution in [0.2, 0.25) is 0 Å². The van der Waals surface area contributed by atoms with Crippen LogP contribution in [0.1, 0.15) is 44.0 Å². The number of carbonyl (C=O) groups excluding carboxylic acids is 1. The normalized spacial score (nSPS) is 19.6. The number of H-pyrrole nitrogens is 2. The Hall–Kier alpha value is -3.22. The van der Waals surface area contributed by atoms with E-state index >= 15 is 0 Å². The van der Waals surface area contributed by atoms with Crippen molar-refractivity contribution in [1.29, 1.82) is 0 Å². The summed E-state index contributed by atoms with van der Waals surface area (Å²) < 4.78 is 33.4. The van der Waals surface area contributed by atoms with Crippen LogP contribution in [0.4, 0.5) is 0 Å². The molecule has 1 fully saturated rings. The van der Waals surface area contributed by atoms with Crippen molar-refractivity contribution in [3.8, 4) is 0 Å². The van der Waals surface area contributed by atoms with E-state index in [9.17, 15) is 27.9 Å². The van der Waals surface area contributed by atoms with Crippen molar-refractivity contribution in [2.75, 3.05) is 6.54 Å². The lowest BCUT2D eigenvalue weighted by Gasteiger charge is -2.25. The summed E-state index contributed by atoms with van der Waals surface area (Å²) in [7, 11) is -4.07. The number of benzene rings is 1. The zero-order chi connectivity index (χ0) is 25.0. The van der Waals surface area contributed by atoms with E-state index in [0.29, 0.717) is 11.9 Å². The van der Waals surface area contributed by atoms with E-state index in [4.69, 9.17) is 10.5 Å². The largest absolute Gasteiger partial charge is 0.478 e. The minimum absolute atomic E-state index is 0.00461. The highest BCUT2D eigenvalue weighted by Gasteiger charge is 2.41. The number of nitrogens with zero attached hydrogens (tertiary/aromatic N) is 1. The van der Waals surface area contributed by atoms with Crippen molar-refractivity contribution in [3.63, 3.8) is 0 Å².